The van der Waals surface area contributed by atoms with Gasteiger partial charge >= 0.3 is 0 Å². The van der Waals surface area contributed by atoms with Crippen molar-refractivity contribution in [2.24, 2.45) is 0 Å². The third kappa shape index (κ3) is 2.99. The molecular weight excluding hydrogens is 254 g/mol. The molecule has 0 spiro atoms. The minimum absolute atomic E-state index is 0.0198. The predicted molar refractivity (Wildman–Crippen MR) is 74.1 cm³/mol. The van der Waals surface area contributed by atoms with Crippen LogP contribution in [-0.2, 0) is 9.59 Å². The quantitative estimate of drug-likeness (QED) is 0.661. The summed E-state index contributed by atoms with van der Waals surface area (Å²) < 4.78 is 0. The minimum atomic E-state index is -0.289. The molecule has 5 nitrogen and oxygen atoms in total. The maximum absolute atomic E-state index is 12.5. The van der Waals surface area contributed by atoms with E-state index >= 15 is 0 Å². The van der Waals surface area contributed by atoms with Crippen LogP contribution in [0.25, 0.3) is 0 Å². The highest BCUT2D eigenvalue weighted by atomic mass is 16.2. The predicted octanol–water partition coefficient (Wildman–Crippen LogP) is -0.979. The van der Waals surface area contributed by atoms with Crippen LogP contribution in [0.5, 0.6) is 0 Å². The van der Waals surface area contributed by atoms with Crippen LogP contribution in [0, 0.1) is 0 Å². The van der Waals surface area contributed by atoms with Gasteiger partial charge < -0.3 is 15.5 Å². The lowest BCUT2D eigenvalue weighted by atomic mass is 10.0. The zero-order valence-corrected chi connectivity index (χ0v) is 11.4. The molecule has 3 rings (SSSR count). The van der Waals surface area contributed by atoms with E-state index in [9.17, 15) is 9.59 Å². The molecule has 5 heteroatoms. The Hall–Kier alpha value is -1.88. The Morgan fingerprint density at radius 1 is 1.30 bits per heavy atom. The number of amides is 2. The van der Waals surface area contributed by atoms with Crippen LogP contribution in [0.1, 0.15) is 24.4 Å². The van der Waals surface area contributed by atoms with E-state index in [1.54, 1.807) is 0 Å². The topological polar surface area (TPSA) is 62.6 Å². The molecule has 0 aromatic heterocycles. The lowest BCUT2D eigenvalue weighted by Gasteiger charge is -2.30. The van der Waals surface area contributed by atoms with Crippen LogP contribution in [0.4, 0.5) is 0 Å². The Morgan fingerprint density at radius 3 is 2.70 bits per heavy atom. The summed E-state index contributed by atoms with van der Waals surface area (Å²) >= 11 is 0. The summed E-state index contributed by atoms with van der Waals surface area (Å²) in [4.78, 5) is 25.2. The van der Waals surface area contributed by atoms with E-state index in [-0.39, 0.29) is 17.9 Å². The van der Waals surface area contributed by atoms with Crippen LogP contribution in [0.15, 0.2) is 30.3 Å². The average molecular weight is 274 g/mol. The number of rotatable bonds is 4. The Balaban J connectivity index is 1.81. The molecule has 1 aromatic carbocycles. The molecule has 2 aliphatic rings. The zero-order valence-electron chi connectivity index (χ0n) is 11.4. The van der Waals surface area contributed by atoms with E-state index in [0.717, 1.165) is 29.8 Å². The highest BCUT2D eigenvalue weighted by molar-refractivity contribution is 5.83. The lowest BCUT2D eigenvalue weighted by Crippen LogP contribution is -3.16. The number of hydrogen-bond donors (Lipinski definition) is 3. The molecule has 2 fully saturated rings. The molecule has 1 saturated carbocycles. The first-order valence-corrected chi connectivity index (χ1v) is 7.20. The van der Waals surface area contributed by atoms with Gasteiger partial charge in [-0.15, -0.1) is 0 Å². The molecule has 20 heavy (non-hydrogen) atoms. The molecule has 2 atom stereocenters. The summed E-state index contributed by atoms with van der Waals surface area (Å²) in [6.07, 6.45) is 2.14. The van der Waals surface area contributed by atoms with Gasteiger partial charge in [0.25, 0.3) is 11.8 Å². The molecule has 1 aliphatic heterocycles. The van der Waals surface area contributed by atoms with Crippen molar-refractivity contribution in [1.29, 1.82) is 0 Å². The first-order chi connectivity index (χ1) is 9.74. The average Bonchev–Trinajstić information content (AvgIpc) is 3.24. The Labute approximate surface area is 118 Å². The largest absolute Gasteiger partial charge is 0.348 e. The minimum Gasteiger partial charge on any atom is -0.348 e. The molecule has 1 saturated heterocycles. The molecule has 1 aromatic rings. The van der Waals surface area contributed by atoms with Crippen molar-refractivity contribution in [2.45, 2.75) is 24.9 Å². The van der Waals surface area contributed by atoms with E-state index < -0.39 is 0 Å². The van der Waals surface area contributed by atoms with Crippen LogP contribution in [0.3, 0.4) is 0 Å². The number of quaternary nitrogens is 1. The van der Waals surface area contributed by atoms with Crippen molar-refractivity contribution in [3.8, 4) is 0 Å². The van der Waals surface area contributed by atoms with Crippen molar-refractivity contribution in [3.63, 3.8) is 0 Å². The van der Waals surface area contributed by atoms with Gasteiger partial charge in [-0.05, 0) is 12.8 Å². The summed E-state index contributed by atoms with van der Waals surface area (Å²) in [6.45, 7) is 1.77. The van der Waals surface area contributed by atoms with E-state index in [2.05, 4.69) is 10.6 Å². The Kier molecular flexibility index (Phi) is 3.69. The fraction of sp³-hybridized carbons (Fsp3) is 0.467. The van der Waals surface area contributed by atoms with Crippen molar-refractivity contribution < 1.29 is 14.5 Å². The molecule has 1 aliphatic carbocycles. The second-order valence-electron chi connectivity index (χ2n) is 5.56. The zero-order chi connectivity index (χ0) is 13.9. The van der Waals surface area contributed by atoms with Gasteiger partial charge in [0.15, 0.2) is 12.6 Å². The summed E-state index contributed by atoms with van der Waals surface area (Å²) in [5, 5.41) is 5.89. The van der Waals surface area contributed by atoms with E-state index in [1.165, 1.54) is 0 Å². The third-order valence-electron chi connectivity index (χ3n) is 3.88. The second-order valence-corrected chi connectivity index (χ2v) is 5.56. The molecule has 0 bridgehead atoms. The first kappa shape index (κ1) is 13.1. The number of piperazine rings is 1. The van der Waals surface area contributed by atoms with Gasteiger partial charge in [0, 0.05) is 11.6 Å². The lowest BCUT2D eigenvalue weighted by molar-refractivity contribution is -0.915. The third-order valence-corrected chi connectivity index (χ3v) is 3.88. The van der Waals surface area contributed by atoms with Crippen LogP contribution in [-0.4, -0.2) is 37.5 Å². The Bertz CT molecular complexity index is 499. The number of carbonyl (C=O) groups excluding carboxylic acids is 2. The number of hydrogen-bond acceptors (Lipinski definition) is 2. The molecular formula is C15H20N3O2+. The van der Waals surface area contributed by atoms with Gasteiger partial charge in [-0.2, -0.15) is 0 Å². The van der Waals surface area contributed by atoms with E-state index in [1.807, 2.05) is 30.3 Å². The van der Waals surface area contributed by atoms with Gasteiger partial charge in [-0.1, -0.05) is 30.3 Å². The van der Waals surface area contributed by atoms with Gasteiger partial charge in [0.2, 0.25) is 0 Å². The van der Waals surface area contributed by atoms with Crippen LogP contribution < -0.4 is 15.5 Å². The van der Waals surface area contributed by atoms with Gasteiger partial charge in [-0.25, -0.2) is 0 Å². The van der Waals surface area contributed by atoms with E-state index in [0.29, 0.717) is 19.1 Å². The molecule has 3 N–H and O–H groups in total. The summed E-state index contributed by atoms with van der Waals surface area (Å²) in [5.41, 5.74) is 0.982. The molecule has 106 valence electrons. The normalized spacial score (nSPS) is 23.8. The summed E-state index contributed by atoms with van der Waals surface area (Å²) in [6, 6.07) is 9.81. The van der Waals surface area contributed by atoms with Crippen molar-refractivity contribution in [2.75, 3.05) is 19.6 Å². The first-order valence-electron chi connectivity index (χ1n) is 7.20. The highest BCUT2D eigenvalue weighted by Gasteiger charge is 2.37. The van der Waals surface area contributed by atoms with Crippen molar-refractivity contribution >= 4 is 11.8 Å². The fourth-order valence-electron chi connectivity index (χ4n) is 2.70. The SMILES string of the molecule is O=C1C[NH+]([C@@H](C(=O)NC2CC2)c2ccccc2)CCN1. The molecule has 0 radical (unpaired) electrons. The number of carbonyl (C=O) groups is 2. The maximum Gasteiger partial charge on any atom is 0.283 e. The summed E-state index contributed by atoms with van der Waals surface area (Å²) in [5.74, 6) is 0.0646. The van der Waals surface area contributed by atoms with Crippen LogP contribution >= 0.6 is 0 Å². The standard InChI is InChI=1S/C15H19N3O2/c19-13-10-18(9-8-16-13)14(11-4-2-1-3-5-11)15(20)17-12-6-7-12/h1-5,12,14H,6-10H2,(H,16,19)(H,17,20)/p+1/t14-/m1/s1. The smallest absolute Gasteiger partial charge is 0.283 e. The fourth-order valence-corrected chi connectivity index (χ4v) is 2.70. The number of benzene rings is 1. The monoisotopic (exact) mass is 274 g/mol. The van der Waals surface area contributed by atoms with Gasteiger partial charge in [0.05, 0.1) is 13.1 Å². The molecule has 2 amide bonds. The maximum atomic E-state index is 12.5. The van der Waals surface area contributed by atoms with Crippen molar-refractivity contribution in [3.05, 3.63) is 35.9 Å². The molecule has 1 heterocycles. The molecule has 1 unspecified atom stereocenters. The number of nitrogens with one attached hydrogen (secondary N) is 3. The van der Waals surface area contributed by atoms with E-state index in [4.69, 9.17) is 0 Å². The van der Waals surface area contributed by atoms with Crippen LogP contribution in [0.2, 0.25) is 0 Å². The Morgan fingerprint density at radius 2 is 2.05 bits per heavy atom. The highest BCUT2D eigenvalue weighted by Crippen LogP contribution is 2.20. The van der Waals surface area contributed by atoms with Gasteiger partial charge in [0.1, 0.15) is 0 Å². The van der Waals surface area contributed by atoms with Gasteiger partial charge in [-0.3, -0.25) is 9.59 Å². The summed E-state index contributed by atoms with van der Waals surface area (Å²) in [7, 11) is 0. The van der Waals surface area contributed by atoms with Crippen molar-refractivity contribution in [1.82, 2.24) is 10.6 Å². The second kappa shape index (κ2) is 5.63.